The van der Waals surface area contributed by atoms with Gasteiger partial charge in [0.15, 0.2) is 0 Å². The molecule has 0 aliphatic carbocycles. The normalized spacial score (nSPS) is 14.3. The third kappa shape index (κ3) is 6.17. The van der Waals surface area contributed by atoms with Gasteiger partial charge in [-0.3, -0.25) is 9.78 Å². The second-order valence-corrected chi connectivity index (χ2v) is 6.87. The number of amides is 2. The first-order chi connectivity index (χ1) is 14.2. The number of nitrogens with zero attached hydrogens (tertiary/aromatic N) is 3. The van der Waals surface area contributed by atoms with Gasteiger partial charge in [0.05, 0.1) is 6.61 Å². The maximum atomic E-state index is 12.6. The summed E-state index contributed by atoms with van der Waals surface area (Å²) in [7, 11) is 0. The first kappa shape index (κ1) is 20.6. The summed E-state index contributed by atoms with van der Waals surface area (Å²) < 4.78 is 5.02. The molecule has 8 heteroatoms. The summed E-state index contributed by atoms with van der Waals surface area (Å²) in [6.07, 6.45) is 5.51. The van der Waals surface area contributed by atoms with Crippen LogP contribution < -0.4 is 10.6 Å². The third-order valence-electron chi connectivity index (χ3n) is 4.81. The molecule has 0 unspecified atom stereocenters. The SMILES string of the molecule is CCOC(=O)N1CCC(NC(=O)c2cccc(NCCc3ccncc3)n2)CC1. The molecule has 2 N–H and O–H groups in total. The maximum absolute atomic E-state index is 12.6. The average Bonchev–Trinajstić information content (AvgIpc) is 2.75. The van der Waals surface area contributed by atoms with E-state index in [2.05, 4.69) is 20.6 Å². The largest absolute Gasteiger partial charge is 0.450 e. The smallest absolute Gasteiger partial charge is 0.409 e. The zero-order valence-electron chi connectivity index (χ0n) is 16.6. The molecule has 3 heterocycles. The number of rotatable bonds is 7. The molecule has 1 fully saturated rings. The van der Waals surface area contributed by atoms with Crippen LogP contribution in [0.4, 0.5) is 10.6 Å². The molecule has 2 amide bonds. The van der Waals surface area contributed by atoms with Crippen molar-refractivity contribution in [3.8, 4) is 0 Å². The fourth-order valence-electron chi connectivity index (χ4n) is 3.22. The lowest BCUT2D eigenvalue weighted by atomic mass is 10.1. The van der Waals surface area contributed by atoms with E-state index in [0.29, 0.717) is 50.6 Å². The first-order valence-electron chi connectivity index (χ1n) is 9.98. The van der Waals surface area contributed by atoms with Gasteiger partial charge in [0.25, 0.3) is 5.91 Å². The van der Waals surface area contributed by atoms with Crippen LogP contribution in [0.15, 0.2) is 42.7 Å². The van der Waals surface area contributed by atoms with Gasteiger partial charge in [-0.05, 0) is 56.0 Å². The number of anilines is 1. The van der Waals surface area contributed by atoms with E-state index in [-0.39, 0.29) is 18.0 Å². The Morgan fingerprint density at radius 3 is 2.66 bits per heavy atom. The third-order valence-corrected chi connectivity index (χ3v) is 4.81. The predicted molar refractivity (Wildman–Crippen MR) is 110 cm³/mol. The predicted octanol–water partition coefficient (Wildman–Crippen LogP) is 2.48. The van der Waals surface area contributed by atoms with Crippen molar-refractivity contribution in [1.82, 2.24) is 20.2 Å². The number of carbonyl (C=O) groups is 2. The number of nitrogens with one attached hydrogen (secondary N) is 2. The molecule has 0 spiro atoms. The highest BCUT2D eigenvalue weighted by atomic mass is 16.6. The minimum absolute atomic E-state index is 0.0262. The summed E-state index contributed by atoms with van der Waals surface area (Å²) in [5.74, 6) is 0.473. The van der Waals surface area contributed by atoms with Crippen LogP contribution in [0.1, 0.15) is 35.8 Å². The van der Waals surface area contributed by atoms with Crippen LogP contribution in [0.5, 0.6) is 0 Å². The highest BCUT2D eigenvalue weighted by Gasteiger charge is 2.25. The molecular formula is C21H27N5O3. The zero-order valence-corrected chi connectivity index (χ0v) is 16.6. The lowest BCUT2D eigenvalue weighted by Crippen LogP contribution is -2.46. The van der Waals surface area contributed by atoms with Crippen molar-refractivity contribution in [2.75, 3.05) is 31.6 Å². The minimum atomic E-state index is -0.288. The van der Waals surface area contributed by atoms with Crippen molar-refractivity contribution in [3.05, 3.63) is 54.0 Å². The van der Waals surface area contributed by atoms with Crippen molar-refractivity contribution >= 4 is 17.8 Å². The molecule has 2 aromatic rings. The van der Waals surface area contributed by atoms with Crippen LogP contribution in [0, 0.1) is 0 Å². The number of hydrogen-bond donors (Lipinski definition) is 2. The molecule has 154 valence electrons. The summed E-state index contributed by atoms with van der Waals surface area (Å²) in [6, 6.07) is 9.36. The Morgan fingerprint density at radius 2 is 1.93 bits per heavy atom. The molecule has 29 heavy (non-hydrogen) atoms. The quantitative estimate of drug-likeness (QED) is 0.745. The van der Waals surface area contributed by atoms with Gasteiger partial charge in [-0.1, -0.05) is 6.07 Å². The van der Waals surface area contributed by atoms with Gasteiger partial charge in [0, 0.05) is 38.1 Å². The molecule has 3 rings (SSSR count). The molecule has 0 radical (unpaired) electrons. The van der Waals surface area contributed by atoms with Crippen LogP contribution in [-0.4, -0.2) is 59.2 Å². The molecule has 0 bridgehead atoms. The lowest BCUT2D eigenvalue weighted by molar-refractivity contribution is 0.0856. The van der Waals surface area contributed by atoms with Crippen LogP contribution in [0.25, 0.3) is 0 Å². The van der Waals surface area contributed by atoms with E-state index in [1.165, 1.54) is 5.56 Å². The molecule has 1 aliphatic heterocycles. The molecule has 2 aromatic heterocycles. The molecule has 0 aromatic carbocycles. The minimum Gasteiger partial charge on any atom is -0.450 e. The Morgan fingerprint density at radius 1 is 1.17 bits per heavy atom. The van der Waals surface area contributed by atoms with E-state index in [4.69, 9.17) is 4.74 Å². The van der Waals surface area contributed by atoms with Crippen molar-refractivity contribution in [2.24, 2.45) is 0 Å². The Bertz CT molecular complexity index is 807. The summed E-state index contributed by atoms with van der Waals surface area (Å²) in [6.45, 7) is 4.03. The van der Waals surface area contributed by atoms with E-state index in [1.54, 1.807) is 30.3 Å². The van der Waals surface area contributed by atoms with Crippen molar-refractivity contribution in [2.45, 2.75) is 32.2 Å². The summed E-state index contributed by atoms with van der Waals surface area (Å²) >= 11 is 0. The Hall–Kier alpha value is -3.16. The zero-order chi connectivity index (χ0) is 20.5. The van der Waals surface area contributed by atoms with Gasteiger partial charge < -0.3 is 20.3 Å². The number of hydrogen-bond acceptors (Lipinski definition) is 6. The lowest BCUT2D eigenvalue weighted by Gasteiger charge is -2.31. The standard InChI is InChI=1S/C21H27N5O3/c1-2-29-21(28)26-14-9-17(10-15-26)24-20(27)18-4-3-5-19(25-18)23-13-8-16-6-11-22-12-7-16/h3-7,11-12,17H,2,8-10,13-15H2,1H3,(H,23,25)(H,24,27). The van der Waals surface area contributed by atoms with Crippen molar-refractivity contribution in [1.29, 1.82) is 0 Å². The molecule has 0 atom stereocenters. The van der Waals surface area contributed by atoms with E-state index >= 15 is 0 Å². The number of piperidine rings is 1. The van der Waals surface area contributed by atoms with Gasteiger partial charge in [-0.15, -0.1) is 0 Å². The van der Waals surface area contributed by atoms with Crippen molar-refractivity contribution in [3.63, 3.8) is 0 Å². The molecular weight excluding hydrogens is 370 g/mol. The molecule has 0 saturated carbocycles. The molecule has 8 nitrogen and oxygen atoms in total. The molecule has 1 aliphatic rings. The highest BCUT2D eigenvalue weighted by molar-refractivity contribution is 5.92. The number of aromatic nitrogens is 2. The second kappa shape index (κ2) is 10.4. The van der Waals surface area contributed by atoms with E-state index in [1.807, 2.05) is 24.3 Å². The average molecular weight is 397 g/mol. The summed E-state index contributed by atoms with van der Waals surface area (Å²) in [4.78, 5) is 34.4. The fourth-order valence-corrected chi connectivity index (χ4v) is 3.22. The maximum Gasteiger partial charge on any atom is 0.409 e. The second-order valence-electron chi connectivity index (χ2n) is 6.87. The van der Waals surface area contributed by atoms with Gasteiger partial charge >= 0.3 is 6.09 Å². The number of carbonyl (C=O) groups excluding carboxylic acids is 2. The Labute approximate surface area is 170 Å². The highest BCUT2D eigenvalue weighted by Crippen LogP contribution is 2.13. The van der Waals surface area contributed by atoms with Crippen LogP contribution in [-0.2, 0) is 11.2 Å². The number of pyridine rings is 2. The Balaban J connectivity index is 1.46. The van der Waals surface area contributed by atoms with Gasteiger partial charge in [0.2, 0.25) is 0 Å². The van der Waals surface area contributed by atoms with Crippen LogP contribution >= 0.6 is 0 Å². The van der Waals surface area contributed by atoms with E-state index in [9.17, 15) is 9.59 Å². The number of ether oxygens (including phenoxy) is 1. The number of likely N-dealkylation sites (tertiary alicyclic amines) is 1. The molecule has 1 saturated heterocycles. The van der Waals surface area contributed by atoms with E-state index < -0.39 is 0 Å². The monoisotopic (exact) mass is 397 g/mol. The van der Waals surface area contributed by atoms with Gasteiger partial charge in [0.1, 0.15) is 11.5 Å². The van der Waals surface area contributed by atoms with Crippen LogP contribution in [0.2, 0.25) is 0 Å². The van der Waals surface area contributed by atoms with Crippen molar-refractivity contribution < 1.29 is 14.3 Å². The Kier molecular flexibility index (Phi) is 7.38. The van der Waals surface area contributed by atoms with Crippen LogP contribution in [0.3, 0.4) is 0 Å². The van der Waals surface area contributed by atoms with Gasteiger partial charge in [-0.25, -0.2) is 9.78 Å². The van der Waals surface area contributed by atoms with Gasteiger partial charge in [-0.2, -0.15) is 0 Å². The fraction of sp³-hybridized carbons (Fsp3) is 0.429. The first-order valence-corrected chi connectivity index (χ1v) is 9.98. The summed E-state index contributed by atoms with van der Waals surface area (Å²) in [5, 5.41) is 6.27. The topological polar surface area (TPSA) is 96.5 Å². The summed E-state index contributed by atoms with van der Waals surface area (Å²) in [5.41, 5.74) is 1.57. The van der Waals surface area contributed by atoms with E-state index in [0.717, 1.165) is 6.42 Å².